The second-order valence-electron chi connectivity index (χ2n) is 18.0. The Labute approximate surface area is 433 Å². The predicted octanol–water partition coefficient (Wildman–Crippen LogP) is 0.202. The molecule has 5 amide bonds. The van der Waals surface area contributed by atoms with Gasteiger partial charge in [-0.05, 0) is 61.4 Å². The third kappa shape index (κ3) is 25.2. The van der Waals surface area contributed by atoms with E-state index < -0.39 is 84.6 Å². The van der Waals surface area contributed by atoms with E-state index in [1.54, 1.807) is 37.8 Å². The number of allylic oxidation sites excluding steroid dienone is 1. The molecule has 1 saturated heterocycles. The zero-order valence-corrected chi connectivity index (χ0v) is 41.9. The van der Waals surface area contributed by atoms with E-state index in [2.05, 4.69) is 33.2 Å². The molecule has 0 aliphatic carbocycles. The molecular formula is C50H69N9O16. The van der Waals surface area contributed by atoms with Gasteiger partial charge in [-0.25, -0.2) is 14.4 Å². The number of nitrogens with zero attached hydrogens (tertiary/aromatic N) is 4. The van der Waals surface area contributed by atoms with E-state index in [0.29, 0.717) is 11.1 Å². The molecule has 25 heteroatoms. The SMILES string of the molecule is C=C(/C=C\c1ccccc1C)CC(NC(=O)c1ccc(CNC(=O)CN2CCN(CC(=O)O)CCN(CC(=O)O)CCN(CC(=O)O)CC2)cc1)C(=O)NCCCC[C@H](NC(=O)N[C@@H](CCC(=O)O)C(=O)O)C(=O)O. The fourth-order valence-electron chi connectivity index (χ4n) is 7.73. The lowest BCUT2D eigenvalue weighted by atomic mass is 10.0. The highest BCUT2D eigenvalue weighted by Crippen LogP contribution is 2.14. The molecule has 0 spiro atoms. The molecule has 1 aliphatic rings. The summed E-state index contributed by atoms with van der Waals surface area (Å²) in [5, 5.41) is 68.9. The second-order valence-corrected chi connectivity index (χ2v) is 18.0. The highest BCUT2D eigenvalue weighted by atomic mass is 16.4. The van der Waals surface area contributed by atoms with Gasteiger partial charge in [0.1, 0.15) is 18.1 Å². The van der Waals surface area contributed by atoms with Gasteiger partial charge in [0.25, 0.3) is 5.91 Å². The Hall–Kier alpha value is -7.74. The molecule has 1 aliphatic heterocycles. The maximum absolute atomic E-state index is 13.6. The maximum atomic E-state index is 13.6. The van der Waals surface area contributed by atoms with Gasteiger partial charge in [0, 0.05) is 83.9 Å². The average molecular weight is 1050 g/mol. The molecule has 25 nitrogen and oxygen atoms in total. The van der Waals surface area contributed by atoms with Crippen LogP contribution in [-0.2, 0) is 44.9 Å². The lowest BCUT2D eigenvalue weighted by molar-refractivity contribution is -0.141. The van der Waals surface area contributed by atoms with Crippen molar-refractivity contribution in [1.82, 2.24) is 46.2 Å². The second kappa shape index (κ2) is 32.4. The van der Waals surface area contributed by atoms with Crippen LogP contribution in [0.5, 0.6) is 0 Å². The molecule has 3 atom stereocenters. The minimum atomic E-state index is -1.57. The Balaban J connectivity index is 1.64. The molecule has 1 heterocycles. The van der Waals surface area contributed by atoms with Crippen LogP contribution in [0.3, 0.4) is 0 Å². The molecule has 1 unspecified atom stereocenters. The van der Waals surface area contributed by atoms with Crippen molar-refractivity contribution < 1.29 is 78.6 Å². The van der Waals surface area contributed by atoms with Crippen molar-refractivity contribution >= 4 is 65.6 Å². The lowest BCUT2D eigenvalue weighted by Crippen LogP contribution is -2.51. The van der Waals surface area contributed by atoms with E-state index in [9.17, 15) is 73.5 Å². The summed E-state index contributed by atoms with van der Waals surface area (Å²) in [4.78, 5) is 129. The fourth-order valence-corrected chi connectivity index (χ4v) is 7.73. The predicted molar refractivity (Wildman–Crippen MR) is 270 cm³/mol. The van der Waals surface area contributed by atoms with Gasteiger partial charge >= 0.3 is 41.8 Å². The third-order valence-corrected chi connectivity index (χ3v) is 11.9. The van der Waals surface area contributed by atoms with Gasteiger partial charge < -0.3 is 57.2 Å². The fraction of sp³-hybridized carbons (Fsp3) is 0.480. The zero-order chi connectivity index (χ0) is 55.5. The van der Waals surface area contributed by atoms with Gasteiger partial charge in [0.05, 0.1) is 26.2 Å². The number of urea groups is 1. The van der Waals surface area contributed by atoms with E-state index in [1.807, 2.05) is 37.3 Å². The minimum Gasteiger partial charge on any atom is -0.481 e. The van der Waals surface area contributed by atoms with Crippen LogP contribution in [0.1, 0.15) is 65.6 Å². The number of amides is 5. The van der Waals surface area contributed by atoms with Crippen LogP contribution in [0.15, 0.2) is 66.8 Å². The summed E-state index contributed by atoms with van der Waals surface area (Å²) in [5.74, 6) is -8.92. The van der Waals surface area contributed by atoms with Crippen molar-refractivity contribution in [2.75, 3.05) is 85.1 Å². The van der Waals surface area contributed by atoms with Gasteiger partial charge in [0.15, 0.2) is 0 Å². The number of carbonyl (C=O) groups is 10. The summed E-state index contributed by atoms with van der Waals surface area (Å²) in [6.07, 6.45) is 2.93. The Kier molecular flexibility index (Phi) is 26.6. The van der Waals surface area contributed by atoms with E-state index in [-0.39, 0.29) is 129 Å². The maximum Gasteiger partial charge on any atom is 0.326 e. The van der Waals surface area contributed by atoms with Crippen LogP contribution in [0.25, 0.3) is 6.08 Å². The largest absolute Gasteiger partial charge is 0.481 e. The van der Waals surface area contributed by atoms with Crippen molar-refractivity contribution in [1.29, 1.82) is 0 Å². The Morgan fingerprint density at radius 3 is 1.56 bits per heavy atom. The molecular weight excluding hydrogens is 983 g/mol. The number of nitrogens with one attached hydrogen (secondary N) is 5. The lowest BCUT2D eigenvalue weighted by Gasteiger charge is -2.32. The third-order valence-electron chi connectivity index (χ3n) is 11.9. The van der Waals surface area contributed by atoms with Crippen LogP contribution in [0.4, 0.5) is 4.79 Å². The number of aliphatic carboxylic acids is 6. The van der Waals surface area contributed by atoms with Gasteiger partial charge in [-0.15, -0.1) is 0 Å². The number of hydrogen-bond acceptors (Lipinski definition) is 14. The first-order valence-corrected chi connectivity index (χ1v) is 24.2. The van der Waals surface area contributed by atoms with Gasteiger partial charge in [0.2, 0.25) is 11.8 Å². The Morgan fingerprint density at radius 2 is 1.08 bits per heavy atom. The molecule has 410 valence electrons. The molecule has 75 heavy (non-hydrogen) atoms. The van der Waals surface area contributed by atoms with Crippen molar-refractivity contribution in [3.8, 4) is 0 Å². The summed E-state index contributed by atoms with van der Waals surface area (Å²) in [5.41, 5.74) is 3.26. The first-order chi connectivity index (χ1) is 35.6. The number of aryl methyl sites for hydroxylation is 1. The molecule has 0 radical (unpaired) electrons. The molecule has 2 aromatic carbocycles. The molecule has 1 fully saturated rings. The highest BCUT2D eigenvalue weighted by molar-refractivity contribution is 5.97. The molecule has 11 N–H and O–H groups in total. The number of carboxylic acid groups (broad SMARTS) is 6. The smallest absolute Gasteiger partial charge is 0.326 e. The number of rotatable bonds is 29. The number of unbranched alkanes of at least 4 members (excludes halogenated alkanes) is 1. The van der Waals surface area contributed by atoms with Crippen LogP contribution in [0.2, 0.25) is 0 Å². The summed E-state index contributed by atoms with van der Waals surface area (Å²) < 4.78 is 0. The Morgan fingerprint density at radius 1 is 0.587 bits per heavy atom. The number of carboxylic acids is 6. The monoisotopic (exact) mass is 1050 g/mol. The molecule has 3 rings (SSSR count). The molecule has 2 aromatic rings. The van der Waals surface area contributed by atoms with Crippen LogP contribution >= 0.6 is 0 Å². The van der Waals surface area contributed by atoms with Gasteiger partial charge in [-0.3, -0.25) is 53.2 Å². The standard InChI is InChI=1S/C50H69N9O16/c1-33(10-13-36-8-4-3-7-34(36)2)27-40(47(70)51-18-6-5-9-38(48(71)72)54-50(75)55-39(49(73)74)16-17-42(61)62)53-46(69)37-14-11-35(12-15-37)28-52-41(60)29-56-19-21-57(30-43(63)64)23-25-59(32-45(67)68)26-24-58(22-20-56)31-44(65)66/h3-4,7-8,10-15,38-40H,1,5-6,9,16-32H2,2H3,(H,51,70)(H,52,60)(H,53,69)(H,61,62)(H,63,64)(H,65,66)(H,67,68)(H,71,72)(H,73,74)(H2,54,55,75)/b13-10-/t38-,39-,40?/m0/s1. The molecule has 0 aromatic heterocycles. The van der Waals surface area contributed by atoms with Crippen LogP contribution < -0.4 is 26.6 Å². The normalized spacial score (nSPS) is 15.4. The minimum absolute atomic E-state index is 0.00554. The zero-order valence-electron chi connectivity index (χ0n) is 41.9. The summed E-state index contributed by atoms with van der Waals surface area (Å²) >= 11 is 0. The van der Waals surface area contributed by atoms with E-state index in [1.165, 1.54) is 12.1 Å². The average Bonchev–Trinajstić information content (AvgIpc) is 3.33. The first-order valence-electron chi connectivity index (χ1n) is 24.2. The summed E-state index contributed by atoms with van der Waals surface area (Å²) in [6.45, 7) is 7.04. The van der Waals surface area contributed by atoms with Crippen molar-refractivity contribution in [2.45, 2.75) is 70.1 Å². The first kappa shape index (κ1) is 61.6. The van der Waals surface area contributed by atoms with Gasteiger partial charge in [-0.2, -0.15) is 0 Å². The van der Waals surface area contributed by atoms with E-state index >= 15 is 0 Å². The number of carbonyl (C=O) groups excluding carboxylic acids is 4. The molecule has 0 saturated carbocycles. The van der Waals surface area contributed by atoms with E-state index in [4.69, 9.17) is 5.11 Å². The molecule has 0 bridgehead atoms. The quantitative estimate of drug-likeness (QED) is 0.0383. The summed E-state index contributed by atoms with van der Waals surface area (Å²) in [6, 6.07) is 8.67. The topological polar surface area (TPSA) is 365 Å². The van der Waals surface area contributed by atoms with Crippen molar-refractivity contribution in [3.05, 3.63) is 89.0 Å². The van der Waals surface area contributed by atoms with E-state index in [0.717, 1.165) is 11.1 Å². The van der Waals surface area contributed by atoms with Crippen LogP contribution in [0, 0.1) is 6.92 Å². The van der Waals surface area contributed by atoms with Crippen LogP contribution in [-0.4, -0.2) is 213 Å². The van der Waals surface area contributed by atoms with Crippen molar-refractivity contribution in [3.63, 3.8) is 0 Å². The summed E-state index contributed by atoms with van der Waals surface area (Å²) in [7, 11) is 0. The van der Waals surface area contributed by atoms with Crippen molar-refractivity contribution in [2.24, 2.45) is 0 Å². The highest BCUT2D eigenvalue weighted by Gasteiger charge is 2.27. The number of hydrogen-bond donors (Lipinski definition) is 11. The Bertz CT molecular complexity index is 2310. The number of benzene rings is 2. The van der Waals surface area contributed by atoms with Gasteiger partial charge in [-0.1, -0.05) is 60.7 Å².